The van der Waals surface area contributed by atoms with Crippen LogP contribution in [0.4, 0.5) is 5.69 Å². The Bertz CT molecular complexity index is 797. The van der Waals surface area contributed by atoms with Crippen LogP contribution in [-0.2, 0) is 0 Å². The van der Waals surface area contributed by atoms with Gasteiger partial charge in [-0.2, -0.15) is 4.98 Å². The van der Waals surface area contributed by atoms with Gasteiger partial charge in [-0.25, -0.2) is 0 Å². The first-order chi connectivity index (χ1) is 10.0. The zero-order valence-electron chi connectivity index (χ0n) is 10.5. The minimum Gasteiger partial charge on any atom is -0.398 e. The van der Waals surface area contributed by atoms with Crippen LogP contribution in [0.25, 0.3) is 22.8 Å². The highest BCUT2D eigenvalue weighted by Gasteiger charge is 2.14. The number of anilines is 1. The smallest absolute Gasteiger partial charge is 0.260 e. The van der Waals surface area contributed by atoms with Gasteiger partial charge in [-0.15, -0.1) is 0 Å². The zero-order chi connectivity index (χ0) is 15.0. The van der Waals surface area contributed by atoms with Gasteiger partial charge in [-0.3, -0.25) is 0 Å². The van der Waals surface area contributed by atoms with Gasteiger partial charge in [-0.1, -0.05) is 40.0 Å². The first-order valence-corrected chi connectivity index (χ1v) is 7.02. The molecular weight excluding hydrogens is 333 g/mol. The van der Waals surface area contributed by atoms with Gasteiger partial charge in [0.1, 0.15) is 0 Å². The van der Waals surface area contributed by atoms with Gasteiger partial charge in [0.05, 0.1) is 5.56 Å². The maximum atomic E-state index is 5.96. The van der Waals surface area contributed by atoms with Gasteiger partial charge < -0.3 is 10.3 Å². The molecule has 0 fully saturated rings. The molecule has 4 nitrogen and oxygen atoms in total. The van der Waals surface area contributed by atoms with Crippen LogP contribution in [0.5, 0.6) is 0 Å². The monoisotopic (exact) mass is 339 g/mol. The predicted octanol–water partition coefficient (Wildman–Crippen LogP) is 4.95. The van der Waals surface area contributed by atoms with Crippen LogP contribution < -0.4 is 5.73 Å². The van der Waals surface area contributed by atoms with Gasteiger partial charge in [0.15, 0.2) is 0 Å². The van der Waals surface area contributed by atoms with E-state index in [-0.39, 0.29) is 5.89 Å². The fraction of sp³-hybridized carbons (Fsp3) is 0. The number of nitrogens with zero attached hydrogens (tertiary/aromatic N) is 2. The summed E-state index contributed by atoms with van der Waals surface area (Å²) in [4.78, 5) is 4.30. The highest BCUT2D eigenvalue weighted by Crippen LogP contribution is 2.30. The molecule has 0 aliphatic heterocycles. The Labute approximate surface area is 135 Å². The Hall–Kier alpha value is -1.75. The minimum absolute atomic E-state index is 0.279. The van der Waals surface area contributed by atoms with E-state index in [2.05, 4.69) is 10.1 Å². The van der Waals surface area contributed by atoms with Crippen molar-refractivity contribution in [2.24, 2.45) is 0 Å². The molecule has 1 aromatic heterocycles. The molecular formula is C14H8Cl3N3O. The molecule has 0 spiro atoms. The summed E-state index contributed by atoms with van der Waals surface area (Å²) in [5.41, 5.74) is 7.62. The average molecular weight is 341 g/mol. The summed E-state index contributed by atoms with van der Waals surface area (Å²) in [5, 5.41) is 5.43. The number of nitrogens with two attached hydrogens (primary N) is 1. The van der Waals surface area contributed by atoms with E-state index in [0.717, 1.165) is 0 Å². The SMILES string of the molecule is Nc1ccc(Cl)cc1-c1nc(-c2cc(Cl)cc(Cl)c2)no1. The van der Waals surface area contributed by atoms with Crippen molar-refractivity contribution in [3.63, 3.8) is 0 Å². The van der Waals surface area contributed by atoms with Crippen molar-refractivity contribution in [3.05, 3.63) is 51.5 Å². The highest BCUT2D eigenvalue weighted by molar-refractivity contribution is 6.35. The molecule has 21 heavy (non-hydrogen) atoms. The molecule has 0 bridgehead atoms. The van der Waals surface area contributed by atoms with E-state index in [1.54, 1.807) is 36.4 Å². The third-order valence-electron chi connectivity index (χ3n) is 2.79. The van der Waals surface area contributed by atoms with Crippen LogP contribution in [0.15, 0.2) is 40.9 Å². The van der Waals surface area contributed by atoms with E-state index in [9.17, 15) is 0 Å². The van der Waals surface area contributed by atoms with E-state index >= 15 is 0 Å². The Morgan fingerprint density at radius 1 is 0.905 bits per heavy atom. The molecule has 3 aromatic rings. The van der Waals surface area contributed by atoms with Crippen molar-refractivity contribution >= 4 is 40.5 Å². The second kappa shape index (κ2) is 5.56. The van der Waals surface area contributed by atoms with Crippen LogP contribution >= 0.6 is 34.8 Å². The van der Waals surface area contributed by atoms with Gasteiger partial charge in [0.2, 0.25) is 5.82 Å². The van der Waals surface area contributed by atoms with Crippen LogP contribution in [0.1, 0.15) is 0 Å². The summed E-state index contributed by atoms with van der Waals surface area (Å²) in [5.74, 6) is 0.648. The largest absolute Gasteiger partial charge is 0.398 e. The summed E-state index contributed by atoms with van der Waals surface area (Å²) in [6, 6.07) is 10.1. The van der Waals surface area contributed by atoms with Crippen molar-refractivity contribution in [3.8, 4) is 22.8 Å². The second-order valence-electron chi connectivity index (χ2n) is 4.31. The van der Waals surface area contributed by atoms with E-state index in [0.29, 0.717) is 37.7 Å². The molecule has 0 amide bonds. The normalized spacial score (nSPS) is 10.8. The Kier molecular flexibility index (Phi) is 3.76. The summed E-state index contributed by atoms with van der Waals surface area (Å²) < 4.78 is 5.23. The molecule has 1 heterocycles. The third kappa shape index (κ3) is 2.97. The van der Waals surface area contributed by atoms with E-state index in [4.69, 9.17) is 45.1 Å². The number of hydrogen-bond acceptors (Lipinski definition) is 4. The number of hydrogen-bond donors (Lipinski definition) is 1. The van der Waals surface area contributed by atoms with E-state index in [1.807, 2.05) is 0 Å². The number of nitrogen functional groups attached to an aromatic ring is 1. The Balaban J connectivity index is 2.05. The third-order valence-corrected chi connectivity index (χ3v) is 3.46. The van der Waals surface area contributed by atoms with E-state index < -0.39 is 0 Å². The first-order valence-electron chi connectivity index (χ1n) is 5.88. The minimum atomic E-state index is 0.279. The molecule has 0 radical (unpaired) electrons. The topological polar surface area (TPSA) is 64.9 Å². The van der Waals surface area contributed by atoms with Crippen molar-refractivity contribution < 1.29 is 4.52 Å². The number of halogens is 3. The molecule has 0 unspecified atom stereocenters. The van der Waals surface area contributed by atoms with Crippen LogP contribution in [-0.4, -0.2) is 10.1 Å². The zero-order valence-corrected chi connectivity index (χ0v) is 12.7. The predicted molar refractivity (Wildman–Crippen MR) is 84.6 cm³/mol. The summed E-state index contributed by atoms with van der Waals surface area (Å²) in [6.07, 6.45) is 0. The average Bonchev–Trinajstić information content (AvgIpc) is 2.90. The molecule has 2 aromatic carbocycles. The molecule has 0 saturated heterocycles. The quantitative estimate of drug-likeness (QED) is 0.671. The van der Waals surface area contributed by atoms with Gasteiger partial charge in [-0.05, 0) is 36.4 Å². The van der Waals surface area contributed by atoms with Crippen LogP contribution in [0.3, 0.4) is 0 Å². The molecule has 106 valence electrons. The molecule has 0 aliphatic carbocycles. The lowest BCUT2D eigenvalue weighted by molar-refractivity contribution is 0.432. The molecule has 0 saturated carbocycles. The lowest BCUT2D eigenvalue weighted by Gasteiger charge is -2.00. The van der Waals surface area contributed by atoms with E-state index in [1.165, 1.54) is 0 Å². The number of benzene rings is 2. The molecule has 2 N–H and O–H groups in total. The Morgan fingerprint density at radius 3 is 2.33 bits per heavy atom. The second-order valence-corrected chi connectivity index (χ2v) is 5.62. The fourth-order valence-electron chi connectivity index (χ4n) is 1.85. The van der Waals surface area contributed by atoms with Crippen LogP contribution in [0.2, 0.25) is 15.1 Å². The Morgan fingerprint density at radius 2 is 1.62 bits per heavy atom. The summed E-state index contributed by atoms with van der Waals surface area (Å²) in [6.45, 7) is 0. The van der Waals surface area contributed by atoms with Crippen molar-refractivity contribution in [2.75, 3.05) is 5.73 Å². The molecule has 3 rings (SSSR count). The standard InChI is InChI=1S/C14H8Cl3N3O/c15-8-1-2-12(18)11(6-8)14-19-13(20-21-14)7-3-9(16)5-10(17)4-7/h1-6H,18H2. The van der Waals surface area contributed by atoms with Crippen molar-refractivity contribution in [1.82, 2.24) is 10.1 Å². The maximum absolute atomic E-state index is 5.96. The first kappa shape index (κ1) is 14.2. The van der Waals surface area contributed by atoms with Crippen molar-refractivity contribution in [1.29, 1.82) is 0 Å². The number of aromatic nitrogens is 2. The lowest BCUT2D eigenvalue weighted by Crippen LogP contribution is -1.90. The molecule has 0 aliphatic rings. The fourth-order valence-corrected chi connectivity index (χ4v) is 2.54. The molecule has 0 atom stereocenters. The summed E-state index contributed by atoms with van der Waals surface area (Å²) >= 11 is 17.9. The number of rotatable bonds is 2. The highest BCUT2D eigenvalue weighted by atomic mass is 35.5. The summed E-state index contributed by atoms with van der Waals surface area (Å²) in [7, 11) is 0. The van der Waals surface area contributed by atoms with Gasteiger partial charge >= 0.3 is 0 Å². The van der Waals surface area contributed by atoms with Gasteiger partial charge in [0, 0.05) is 26.3 Å². The maximum Gasteiger partial charge on any atom is 0.260 e. The lowest BCUT2D eigenvalue weighted by atomic mass is 10.2. The molecule has 7 heteroatoms. The van der Waals surface area contributed by atoms with Crippen LogP contribution in [0, 0.1) is 0 Å². The van der Waals surface area contributed by atoms with Gasteiger partial charge in [0.25, 0.3) is 5.89 Å². The van der Waals surface area contributed by atoms with Crippen molar-refractivity contribution in [2.45, 2.75) is 0 Å².